The third-order valence-corrected chi connectivity index (χ3v) is 4.12. The van der Waals surface area contributed by atoms with Crippen LogP contribution in [0.15, 0.2) is 53.3 Å². The topological polar surface area (TPSA) is 55.1 Å². The van der Waals surface area contributed by atoms with E-state index in [1.165, 1.54) is 5.56 Å². The molecule has 21 heavy (non-hydrogen) atoms. The Morgan fingerprint density at radius 2 is 1.95 bits per heavy atom. The van der Waals surface area contributed by atoms with E-state index in [1.807, 2.05) is 16.7 Å². The number of aromatic nitrogens is 2. The van der Waals surface area contributed by atoms with Gasteiger partial charge in [0.15, 0.2) is 0 Å². The molecular weight excluding hydrogens is 332 g/mol. The van der Waals surface area contributed by atoms with Gasteiger partial charge in [-0.15, -0.1) is 0 Å². The van der Waals surface area contributed by atoms with E-state index in [0.717, 1.165) is 9.99 Å². The largest absolute Gasteiger partial charge is 0.478 e. The lowest BCUT2D eigenvalue weighted by atomic mass is 10.1. The molecule has 1 N–H and O–H groups in total. The SMILES string of the molecule is CC(c1ccc(Br)cc1)n1cnc2cc(C(=O)O)ccc21. The van der Waals surface area contributed by atoms with Gasteiger partial charge in [-0.25, -0.2) is 9.78 Å². The molecule has 4 nitrogen and oxygen atoms in total. The third kappa shape index (κ3) is 2.56. The molecule has 0 aliphatic rings. The maximum Gasteiger partial charge on any atom is 0.335 e. The van der Waals surface area contributed by atoms with Crippen LogP contribution in [0.2, 0.25) is 0 Å². The summed E-state index contributed by atoms with van der Waals surface area (Å²) in [6.07, 6.45) is 1.75. The molecule has 2 aromatic carbocycles. The molecule has 0 aliphatic carbocycles. The first-order chi connectivity index (χ1) is 10.1. The molecule has 0 spiro atoms. The molecule has 0 saturated heterocycles. The number of halogens is 1. The summed E-state index contributed by atoms with van der Waals surface area (Å²) in [5, 5.41) is 9.03. The molecule has 106 valence electrons. The van der Waals surface area contributed by atoms with Crippen LogP contribution in [-0.2, 0) is 0 Å². The van der Waals surface area contributed by atoms with Gasteiger partial charge in [-0.1, -0.05) is 28.1 Å². The van der Waals surface area contributed by atoms with E-state index in [0.29, 0.717) is 5.52 Å². The lowest BCUT2D eigenvalue weighted by molar-refractivity contribution is 0.0697. The van der Waals surface area contributed by atoms with Crippen LogP contribution in [0.3, 0.4) is 0 Å². The maximum atomic E-state index is 11.0. The summed E-state index contributed by atoms with van der Waals surface area (Å²) in [4.78, 5) is 15.3. The number of imidazole rings is 1. The van der Waals surface area contributed by atoms with Crippen LogP contribution in [-0.4, -0.2) is 20.6 Å². The highest BCUT2D eigenvalue weighted by molar-refractivity contribution is 9.10. The standard InChI is InChI=1S/C16H13BrN2O2/c1-10(11-2-5-13(17)6-3-11)19-9-18-14-8-12(16(20)21)4-7-15(14)19/h2-10H,1H3,(H,20,21). The number of aromatic carboxylic acids is 1. The monoisotopic (exact) mass is 344 g/mol. The molecule has 0 aliphatic heterocycles. The minimum Gasteiger partial charge on any atom is -0.478 e. The summed E-state index contributed by atoms with van der Waals surface area (Å²) in [6, 6.07) is 13.3. The fourth-order valence-corrected chi connectivity index (χ4v) is 2.64. The number of rotatable bonds is 3. The molecule has 5 heteroatoms. The van der Waals surface area contributed by atoms with Gasteiger partial charge in [-0.2, -0.15) is 0 Å². The highest BCUT2D eigenvalue weighted by Gasteiger charge is 2.13. The number of carboxylic acid groups (broad SMARTS) is 1. The van der Waals surface area contributed by atoms with E-state index in [9.17, 15) is 4.79 Å². The lowest BCUT2D eigenvalue weighted by Gasteiger charge is -2.15. The summed E-state index contributed by atoms with van der Waals surface area (Å²) < 4.78 is 3.09. The van der Waals surface area contributed by atoms with E-state index < -0.39 is 5.97 Å². The Labute approximate surface area is 130 Å². The van der Waals surface area contributed by atoms with Crippen molar-refractivity contribution in [1.82, 2.24) is 9.55 Å². The van der Waals surface area contributed by atoms with Crippen molar-refractivity contribution in [2.24, 2.45) is 0 Å². The van der Waals surface area contributed by atoms with E-state index in [-0.39, 0.29) is 11.6 Å². The molecule has 0 bridgehead atoms. The zero-order chi connectivity index (χ0) is 15.0. The van der Waals surface area contributed by atoms with Gasteiger partial charge in [0, 0.05) is 4.47 Å². The summed E-state index contributed by atoms with van der Waals surface area (Å²) in [5.74, 6) is -0.938. The van der Waals surface area contributed by atoms with Crippen LogP contribution in [0.5, 0.6) is 0 Å². The van der Waals surface area contributed by atoms with Crippen LogP contribution in [0, 0.1) is 0 Å². The van der Waals surface area contributed by atoms with Crippen molar-refractivity contribution >= 4 is 32.9 Å². The minimum atomic E-state index is -0.938. The second-order valence-electron chi connectivity index (χ2n) is 4.89. The fraction of sp³-hybridized carbons (Fsp3) is 0.125. The van der Waals surface area contributed by atoms with Gasteiger partial charge in [-0.05, 0) is 42.8 Å². The van der Waals surface area contributed by atoms with Crippen LogP contribution in [0.4, 0.5) is 0 Å². The minimum absolute atomic E-state index is 0.124. The number of carbonyl (C=O) groups is 1. The molecule has 0 radical (unpaired) electrons. The average molecular weight is 345 g/mol. The van der Waals surface area contributed by atoms with E-state index in [2.05, 4.69) is 40.0 Å². The fourth-order valence-electron chi connectivity index (χ4n) is 2.38. The summed E-state index contributed by atoms with van der Waals surface area (Å²) in [7, 11) is 0. The summed E-state index contributed by atoms with van der Waals surface area (Å²) in [6.45, 7) is 2.09. The Hall–Kier alpha value is -2.14. The van der Waals surface area contributed by atoms with E-state index in [1.54, 1.807) is 24.5 Å². The number of benzene rings is 2. The number of fused-ring (bicyclic) bond motifs is 1. The molecule has 1 atom stereocenters. The number of hydrogen-bond donors (Lipinski definition) is 1. The first kappa shape index (κ1) is 13.8. The van der Waals surface area contributed by atoms with Crippen LogP contribution in [0.1, 0.15) is 28.9 Å². The first-order valence-electron chi connectivity index (χ1n) is 6.51. The van der Waals surface area contributed by atoms with Gasteiger partial charge in [0.05, 0.1) is 29.0 Å². The molecule has 0 amide bonds. The number of carboxylic acids is 1. The maximum absolute atomic E-state index is 11.0. The zero-order valence-corrected chi connectivity index (χ0v) is 12.9. The van der Waals surface area contributed by atoms with Crippen molar-refractivity contribution < 1.29 is 9.90 Å². The van der Waals surface area contributed by atoms with Gasteiger partial charge < -0.3 is 9.67 Å². The predicted molar refractivity (Wildman–Crippen MR) is 84.6 cm³/mol. The van der Waals surface area contributed by atoms with Gasteiger partial charge in [0.25, 0.3) is 0 Å². The first-order valence-corrected chi connectivity index (χ1v) is 7.31. The number of hydrogen-bond acceptors (Lipinski definition) is 2. The highest BCUT2D eigenvalue weighted by atomic mass is 79.9. The van der Waals surface area contributed by atoms with Crippen molar-refractivity contribution in [3.8, 4) is 0 Å². The average Bonchev–Trinajstić information content (AvgIpc) is 2.90. The Morgan fingerprint density at radius 1 is 1.24 bits per heavy atom. The molecule has 0 saturated carbocycles. The van der Waals surface area contributed by atoms with Gasteiger partial charge in [0.2, 0.25) is 0 Å². The van der Waals surface area contributed by atoms with E-state index in [4.69, 9.17) is 5.11 Å². The molecule has 1 aromatic heterocycles. The van der Waals surface area contributed by atoms with Crippen molar-refractivity contribution in [2.45, 2.75) is 13.0 Å². The van der Waals surface area contributed by atoms with Crippen LogP contribution in [0.25, 0.3) is 11.0 Å². The lowest BCUT2D eigenvalue weighted by Crippen LogP contribution is -2.05. The Bertz CT molecular complexity index is 809. The van der Waals surface area contributed by atoms with Crippen molar-refractivity contribution in [3.63, 3.8) is 0 Å². The van der Waals surface area contributed by atoms with Gasteiger partial charge in [0.1, 0.15) is 0 Å². The predicted octanol–water partition coefficient (Wildman–Crippen LogP) is 4.11. The second kappa shape index (κ2) is 5.33. The van der Waals surface area contributed by atoms with Crippen molar-refractivity contribution in [2.75, 3.05) is 0 Å². The van der Waals surface area contributed by atoms with Crippen molar-refractivity contribution in [3.05, 3.63) is 64.4 Å². The van der Waals surface area contributed by atoms with E-state index >= 15 is 0 Å². The molecular formula is C16H13BrN2O2. The summed E-state index contributed by atoms with van der Waals surface area (Å²) in [5.41, 5.74) is 3.04. The Morgan fingerprint density at radius 3 is 2.62 bits per heavy atom. The highest BCUT2D eigenvalue weighted by Crippen LogP contribution is 2.25. The van der Waals surface area contributed by atoms with Crippen LogP contribution >= 0.6 is 15.9 Å². The summed E-state index contributed by atoms with van der Waals surface area (Å²) >= 11 is 3.43. The molecule has 0 fully saturated rings. The van der Waals surface area contributed by atoms with Gasteiger partial charge in [-0.3, -0.25) is 0 Å². The molecule has 1 heterocycles. The smallest absolute Gasteiger partial charge is 0.335 e. The van der Waals surface area contributed by atoms with Gasteiger partial charge >= 0.3 is 5.97 Å². The zero-order valence-electron chi connectivity index (χ0n) is 11.3. The molecule has 1 unspecified atom stereocenters. The molecule has 3 rings (SSSR count). The van der Waals surface area contributed by atoms with Crippen molar-refractivity contribution in [1.29, 1.82) is 0 Å². The van der Waals surface area contributed by atoms with Crippen LogP contribution < -0.4 is 0 Å². The third-order valence-electron chi connectivity index (χ3n) is 3.59. The molecule has 3 aromatic rings. The Balaban J connectivity index is 2.04. The quantitative estimate of drug-likeness (QED) is 0.777. The number of nitrogens with zero attached hydrogens (tertiary/aromatic N) is 2. The Kier molecular flexibility index (Phi) is 3.51. The normalized spacial score (nSPS) is 12.5. The second-order valence-corrected chi connectivity index (χ2v) is 5.80.